The molecule has 0 amide bonds. The van der Waals surface area contributed by atoms with E-state index in [1.54, 1.807) is 7.11 Å². The predicted molar refractivity (Wildman–Crippen MR) is 79.4 cm³/mol. The van der Waals surface area contributed by atoms with Crippen molar-refractivity contribution in [1.29, 1.82) is 0 Å². The van der Waals surface area contributed by atoms with E-state index >= 15 is 0 Å². The Hall–Kier alpha value is -1.82. The van der Waals surface area contributed by atoms with Crippen LogP contribution < -0.4 is 5.32 Å². The second-order valence-corrected chi connectivity index (χ2v) is 5.06. The molecule has 0 aromatic carbocycles. The van der Waals surface area contributed by atoms with Crippen molar-refractivity contribution in [2.75, 3.05) is 19.0 Å². The van der Waals surface area contributed by atoms with Gasteiger partial charge in [0.05, 0.1) is 29.7 Å². The van der Waals surface area contributed by atoms with Crippen LogP contribution in [-0.4, -0.2) is 33.0 Å². The first-order chi connectivity index (χ1) is 9.55. The van der Waals surface area contributed by atoms with Gasteiger partial charge < -0.3 is 14.6 Å². The molecule has 2 aromatic heterocycles. The third kappa shape index (κ3) is 3.01. The summed E-state index contributed by atoms with van der Waals surface area (Å²) in [5, 5.41) is 7.82. The first-order valence-electron chi connectivity index (χ1n) is 6.89. The molecule has 0 aliphatic rings. The van der Waals surface area contributed by atoms with Gasteiger partial charge >= 0.3 is 0 Å². The predicted octanol–water partition coefficient (Wildman–Crippen LogP) is 2.44. The molecular formula is C14H23N5O. The maximum Gasteiger partial charge on any atom is 0.208 e. The largest absolute Gasteiger partial charge is 0.383 e. The fourth-order valence-corrected chi connectivity index (χ4v) is 2.29. The highest BCUT2D eigenvalue weighted by atomic mass is 16.5. The average molecular weight is 277 g/mol. The molecule has 0 bridgehead atoms. The van der Waals surface area contributed by atoms with Crippen molar-refractivity contribution in [3.8, 4) is 0 Å². The molecule has 6 heteroatoms. The van der Waals surface area contributed by atoms with Crippen LogP contribution in [0.5, 0.6) is 0 Å². The third-order valence-corrected chi connectivity index (χ3v) is 3.22. The summed E-state index contributed by atoms with van der Waals surface area (Å²) in [6, 6.07) is 0.227. The van der Waals surface area contributed by atoms with Crippen molar-refractivity contribution in [2.24, 2.45) is 7.05 Å². The van der Waals surface area contributed by atoms with Crippen LogP contribution in [0.3, 0.4) is 0 Å². The van der Waals surface area contributed by atoms with Crippen LogP contribution in [0.4, 0.5) is 11.6 Å². The minimum Gasteiger partial charge on any atom is -0.383 e. The Morgan fingerprint density at radius 1 is 1.40 bits per heavy atom. The van der Waals surface area contributed by atoms with E-state index in [0.717, 1.165) is 29.4 Å². The number of aromatic nitrogens is 4. The number of anilines is 2. The molecule has 0 saturated heterocycles. The van der Waals surface area contributed by atoms with E-state index in [1.165, 1.54) is 0 Å². The molecule has 0 spiro atoms. The van der Waals surface area contributed by atoms with Gasteiger partial charge in [0.15, 0.2) is 0 Å². The Kier molecular flexibility index (Phi) is 4.44. The maximum absolute atomic E-state index is 5.23. The number of hydrogen-bond acceptors (Lipinski definition) is 4. The highest BCUT2D eigenvalue weighted by molar-refractivity contribution is 5.56. The number of hydrogen-bond donors (Lipinski definition) is 1. The second kappa shape index (κ2) is 6.09. The molecule has 20 heavy (non-hydrogen) atoms. The number of imidazole rings is 1. The van der Waals surface area contributed by atoms with Gasteiger partial charge in [0.2, 0.25) is 5.95 Å². The van der Waals surface area contributed by atoms with Gasteiger partial charge in [-0.1, -0.05) is 6.92 Å². The fourth-order valence-electron chi connectivity index (χ4n) is 2.29. The average Bonchev–Trinajstić information content (AvgIpc) is 2.93. The lowest BCUT2D eigenvalue weighted by atomic mass is 10.3. The molecule has 2 aromatic rings. The number of methoxy groups -OCH3 is 1. The van der Waals surface area contributed by atoms with E-state index in [9.17, 15) is 0 Å². The van der Waals surface area contributed by atoms with Crippen LogP contribution in [0.25, 0.3) is 0 Å². The number of rotatable bonds is 6. The van der Waals surface area contributed by atoms with Crippen LogP contribution in [0.15, 0.2) is 12.4 Å². The van der Waals surface area contributed by atoms with Gasteiger partial charge in [-0.15, -0.1) is 0 Å². The summed E-state index contributed by atoms with van der Waals surface area (Å²) in [6.45, 7) is 6.85. The van der Waals surface area contributed by atoms with E-state index in [4.69, 9.17) is 4.74 Å². The van der Waals surface area contributed by atoms with Crippen LogP contribution in [-0.2, 0) is 18.2 Å². The number of nitrogens with zero attached hydrogens (tertiary/aromatic N) is 4. The quantitative estimate of drug-likeness (QED) is 0.881. The lowest BCUT2D eigenvalue weighted by Gasteiger charge is -2.15. The van der Waals surface area contributed by atoms with Crippen LogP contribution in [0, 0.1) is 6.92 Å². The zero-order valence-electron chi connectivity index (χ0n) is 12.8. The zero-order chi connectivity index (χ0) is 14.7. The monoisotopic (exact) mass is 277 g/mol. The normalized spacial score (nSPS) is 12.7. The van der Waals surface area contributed by atoms with Crippen molar-refractivity contribution in [1.82, 2.24) is 19.3 Å². The molecule has 0 aliphatic carbocycles. The molecule has 1 unspecified atom stereocenters. The summed E-state index contributed by atoms with van der Waals surface area (Å²) < 4.78 is 9.15. The lowest BCUT2D eigenvalue weighted by molar-refractivity contribution is 0.163. The van der Waals surface area contributed by atoms with Crippen LogP contribution in [0.2, 0.25) is 0 Å². The summed E-state index contributed by atoms with van der Waals surface area (Å²) in [5.74, 6) is 0.828. The maximum atomic E-state index is 5.23. The summed E-state index contributed by atoms with van der Waals surface area (Å²) in [5.41, 5.74) is 3.03. The van der Waals surface area contributed by atoms with E-state index in [2.05, 4.69) is 33.8 Å². The van der Waals surface area contributed by atoms with Gasteiger partial charge in [-0.2, -0.15) is 5.10 Å². The number of aryl methyl sites for hydroxylation is 3. The Balaban J connectivity index is 2.28. The number of nitrogens with one attached hydrogen (secondary N) is 1. The molecule has 110 valence electrons. The molecule has 6 nitrogen and oxygen atoms in total. The van der Waals surface area contributed by atoms with Gasteiger partial charge in [0, 0.05) is 26.6 Å². The fraction of sp³-hybridized carbons (Fsp3) is 0.571. The van der Waals surface area contributed by atoms with E-state index in [0.29, 0.717) is 6.61 Å². The van der Waals surface area contributed by atoms with Crippen molar-refractivity contribution in [2.45, 2.75) is 33.2 Å². The SMILES string of the molecule is CCc1nn(C)cc1Nc1nc(C)cn1C(C)COC. The Morgan fingerprint density at radius 3 is 2.80 bits per heavy atom. The van der Waals surface area contributed by atoms with Gasteiger partial charge in [0.1, 0.15) is 0 Å². The molecule has 0 aliphatic heterocycles. The summed E-state index contributed by atoms with van der Waals surface area (Å²) in [7, 11) is 3.64. The zero-order valence-corrected chi connectivity index (χ0v) is 12.8. The van der Waals surface area contributed by atoms with Crippen molar-refractivity contribution < 1.29 is 4.74 Å². The smallest absolute Gasteiger partial charge is 0.208 e. The Bertz CT molecular complexity index is 572. The van der Waals surface area contributed by atoms with Crippen molar-refractivity contribution in [3.05, 3.63) is 23.8 Å². The topological polar surface area (TPSA) is 56.9 Å². The van der Waals surface area contributed by atoms with Gasteiger partial charge in [-0.05, 0) is 20.3 Å². The minimum atomic E-state index is 0.227. The second-order valence-electron chi connectivity index (χ2n) is 5.06. The first-order valence-corrected chi connectivity index (χ1v) is 6.89. The molecule has 2 rings (SSSR count). The van der Waals surface area contributed by atoms with Crippen molar-refractivity contribution in [3.63, 3.8) is 0 Å². The molecule has 2 heterocycles. The highest BCUT2D eigenvalue weighted by Gasteiger charge is 2.14. The third-order valence-electron chi connectivity index (χ3n) is 3.22. The van der Waals surface area contributed by atoms with Gasteiger partial charge in [-0.25, -0.2) is 4.98 Å². The van der Waals surface area contributed by atoms with Crippen LogP contribution >= 0.6 is 0 Å². The van der Waals surface area contributed by atoms with E-state index in [1.807, 2.05) is 31.0 Å². The Labute approximate surface area is 119 Å². The van der Waals surface area contributed by atoms with Gasteiger partial charge in [-0.3, -0.25) is 4.68 Å². The van der Waals surface area contributed by atoms with Crippen LogP contribution in [0.1, 0.15) is 31.3 Å². The van der Waals surface area contributed by atoms with Crippen molar-refractivity contribution >= 4 is 11.6 Å². The van der Waals surface area contributed by atoms with Gasteiger partial charge in [0.25, 0.3) is 0 Å². The lowest BCUT2D eigenvalue weighted by Crippen LogP contribution is -2.13. The molecule has 1 atom stereocenters. The molecule has 0 radical (unpaired) electrons. The molecule has 1 N–H and O–H groups in total. The summed E-state index contributed by atoms with van der Waals surface area (Å²) in [6.07, 6.45) is 4.90. The Morgan fingerprint density at radius 2 is 2.15 bits per heavy atom. The first kappa shape index (κ1) is 14.6. The minimum absolute atomic E-state index is 0.227. The van der Waals surface area contributed by atoms with E-state index in [-0.39, 0.29) is 6.04 Å². The molecule has 0 fully saturated rings. The standard InChI is InChI=1S/C14H23N5O/c1-6-12-13(8-18(4)17-12)16-14-15-10(2)7-19(14)11(3)9-20-5/h7-8,11H,6,9H2,1-5H3,(H,15,16). The summed E-state index contributed by atoms with van der Waals surface area (Å²) >= 11 is 0. The molecule has 0 saturated carbocycles. The highest BCUT2D eigenvalue weighted by Crippen LogP contribution is 2.23. The summed E-state index contributed by atoms with van der Waals surface area (Å²) in [4.78, 5) is 4.55. The molecular weight excluding hydrogens is 254 g/mol. The van der Waals surface area contributed by atoms with E-state index < -0.39 is 0 Å². The number of ether oxygens (including phenoxy) is 1.